The number of Topliss-reactive ketones (excluding diaryl/α,β-unsaturated/α-hetero) is 1. The molecule has 2 aliphatic carbocycles. The molecule has 15 heavy (non-hydrogen) atoms. The van der Waals surface area contributed by atoms with Crippen LogP contribution in [-0.2, 0) is 0 Å². The highest BCUT2D eigenvalue weighted by Crippen LogP contribution is 2.39. The van der Waals surface area contributed by atoms with Gasteiger partial charge < -0.3 is 0 Å². The van der Waals surface area contributed by atoms with E-state index in [1.165, 1.54) is 0 Å². The fraction of sp³-hybridized carbons (Fsp3) is 0.154. The topological polar surface area (TPSA) is 17.1 Å². The van der Waals surface area contributed by atoms with Crippen molar-refractivity contribution in [3.8, 4) is 0 Å². The van der Waals surface area contributed by atoms with Gasteiger partial charge in [-0.2, -0.15) is 0 Å². The molecule has 1 nitrogen and oxygen atoms in total. The molecule has 2 aliphatic rings. The molecule has 1 aromatic rings. The maximum absolute atomic E-state index is 12.1. The number of rotatable bonds is 0. The molecule has 74 valence electrons. The lowest BCUT2D eigenvalue weighted by Gasteiger charge is -2.06. The van der Waals surface area contributed by atoms with E-state index < -0.39 is 0 Å². The molecule has 3 rings (SSSR count). The van der Waals surface area contributed by atoms with E-state index in [1.54, 1.807) is 0 Å². The Morgan fingerprint density at radius 1 is 1.00 bits per heavy atom. The van der Waals surface area contributed by atoms with Crippen molar-refractivity contribution in [1.82, 2.24) is 0 Å². The molecule has 0 heterocycles. The van der Waals surface area contributed by atoms with Gasteiger partial charge in [0.15, 0.2) is 5.78 Å². The van der Waals surface area contributed by atoms with Crippen molar-refractivity contribution in [3.63, 3.8) is 0 Å². The normalized spacial score (nSPS) is 18.1. The van der Waals surface area contributed by atoms with E-state index in [-0.39, 0.29) is 5.78 Å². The van der Waals surface area contributed by atoms with Crippen LogP contribution in [0.2, 0.25) is 0 Å². The van der Waals surface area contributed by atoms with Crippen LogP contribution in [0.15, 0.2) is 35.9 Å². The van der Waals surface area contributed by atoms with Gasteiger partial charge in [-0.15, -0.1) is 0 Å². The van der Waals surface area contributed by atoms with Gasteiger partial charge >= 0.3 is 0 Å². The molecular formula is C13H9IO. The quantitative estimate of drug-likeness (QED) is 0.669. The van der Waals surface area contributed by atoms with Crippen LogP contribution in [0.5, 0.6) is 0 Å². The first-order chi connectivity index (χ1) is 7.27. The summed E-state index contributed by atoms with van der Waals surface area (Å²) in [7, 11) is 0. The number of benzene rings is 1. The van der Waals surface area contributed by atoms with E-state index in [2.05, 4.69) is 46.9 Å². The van der Waals surface area contributed by atoms with Gasteiger partial charge in [-0.05, 0) is 58.7 Å². The predicted octanol–water partition coefficient (Wildman–Crippen LogP) is 3.59. The molecule has 0 N–H and O–H groups in total. The summed E-state index contributed by atoms with van der Waals surface area (Å²) in [5, 5.41) is 0. The maximum Gasteiger partial charge on any atom is 0.193 e. The number of halogens is 1. The molecule has 1 aromatic carbocycles. The number of hydrogen-bond acceptors (Lipinski definition) is 1. The second-order valence-corrected chi connectivity index (χ2v) is 5.08. The summed E-state index contributed by atoms with van der Waals surface area (Å²) in [5.41, 5.74) is 4.06. The molecule has 2 heteroatoms. The zero-order chi connectivity index (χ0) is 10.4. The van der Waals surface area contributed by atoms with Gasteiger partial charge in [-0.1, -0.05) is 18.2 Å². The van der Waals surface area contributed by atoms with Crippen LogP contribution >= 0.6 is 22.6 Å². The van der Waals surface area contributed by atoms with Crippen molar-refractivity contribution in [2.45, 2.75) is 12.8 Å². The summed E-state index contributed by atoms with van der Waals surface area (Å²) < 4.78 is 1.12. The Morgan fingerprint density at radius 2 is 1.73 bits per heavy atom. The average Bonchev–Trinajstić information content (AvgIpc) is 2.54. The highest BCUT2D eigenvalue weighted by molar-refractivity contribution is 14.1. The van der Waals surface area contributed by atoms with E-state index in [4.69, 9.17) is 0 Å². The third kappa shape index (κ3) is 1.31. The predicted molar refractivity (Wildman–Crippen MR) is 68.8 cm³/mol. The molecule has 0 saturated heterocycles. The zero-order valence-corrected chi connectivity index (χ0v) is 10.2. The largest absolute Gasteiger partial charge is 0.289 e. The first kappa shape index (κ1) is 9.33. The number of hydrogen-bond donors (Lipinski definition) is 0. The highest BCUT2D eigenvalue weighted by Gasteiger charge is 2.30. The van der Waals surface area contributed by atoms with Gasteiger partial charge in [0.05, 0.1) is 0 Å². The van der Waals surface area contributed by atoms with Gasteiger partial charge in [-0.3, -0.25) is 4.79 Å². The number of allylic oxidation sites excluding steroid dienone is 4. The summed E-state index contributed by atoms with van der Waals surface area (Å²) in [4.78, 5) is 12.1. The Balaban J connectivity index is 2.29. The number of ketones is 1. The molecule has 0 aromatic heterocycles. The minimum Gasteiger partial charge on any atom is -0.289 e. The van der Waals surface area contributed by atoms with Gasteiger partial charge in [0.1, 0.15) is 0 Å². The Kier molecular flexibility index (Phi) is 2.06. The summed E-state index contributed by atoms with van der Waals surface area (Å²) in [6.07, 6.45) is 6.31. The first-order valence-corrected chi connectivity index (χ1v) is 6.10. The zero-order valence-electron chi connectivity index (χ0n) is 8.09. The third-order valence-corrected chi connectivity index (χ3v) is 3.59. The van der Waals surface area contributed by atoms with Crippen LogP contribution < -0.4 is 0 Å². The lowest BCUT2D eigenvalue weighted by atomic mass is 9.98. The fourth-order valence-corrected chi connectivity index (χ4v) is 2.72. The number of fused-ring (bicyclic) bond motifs is 3. The van der Waals surface area contributed by atoms with Crippen LogP contribution in [0.4, 0.5) is 0 Å². The molecule has 0 spiro atoms. The molecule has 0 radical (unpaired) electrons. The monoisotopic (exact) mass is 308 g/mol. The molecule has 0 amide bonds. The van der Waals surface area contributed by atoms with Crippen molar-refractivity contribution in [2.24, 2.45) is 0 Å². The van der Waals surface area contributed by atoms with E-state index in [0.29, 0.717) is 0 Å². The Bertz CT molecular complexity index is 523. The second kappa shape index (κ2) is 3.30. The Labute approximate surface area is 102 Å². The number of carbonyl (C=O) groups excluding carboxylic acids is 1. The molecular weight excluding hydrogens is 299 g/mol. The molecule has 0 aliphatic heterocycles. The van der Waals surface area contributed by atoms with Crippen LogP contribution in [0.3, 0.4) is 0 Å². The van der Waals surface area contributed by atoms with E-state index in [9.17, 15) is 4.79 Å². The van der Waals surface area contributed by atoms with Crippen molar-refractivity contribution in [3.05, 3.63) is 50.6 Å². The van der Waals surface area contributed by atoms with E-state index >= 15 is 0 Å². The lowest BCUT2D eigenvalue weighted by molar-refractivity contribution is 0.104. The molecule has 0 unspecified atom stereocenters. The molecule has 0 fully saturated rings. The SMILES string of the molecule is O=C1C2=CCCC=C2c2ccc(I)cc21. The minimum absolute atomic E-state index is 0.203. The Morgan fingerprint density at radius 3 is 2.53 bits per heavy atom. The molecule has 0 atom stereocenters. The van der Waals surface area contributed by atoms with Gasteiger partial charge in [0, 0.05) is 14.7 Å². The maximum atomic E-state index is 12.1. The second-order valence-electron chi connectivity index (χ2n) is 3.83. The molecule has 0 bridgehead atoms. The van der Waals surface area contributed by atoms with Crippen molar-refractivity contribution in [2.75, 3.05) is 0 Å². The van der Waals surface area contributed by atoms with Crippen molar-refractivity contribution in [1.29, 1.82) is 0 Å². The lowest BCUT2D eigenvalue weighted by Crippen LogP contribution is -1.96. The first-order valence-electron chi connectivity index (χ1n) is 5.02. The summed E-state index contributed by atoms with van der Waals surface area (Å²) in [6.45, 7) is 0. The van der Waals surface area contributed by atoms with Gasteiger partial charge in [0.25, 0.3) is 0 Å². The summed E-state index contributed by atoms with van der Waals surface area (Å²) in [6, 6.07) is 6.11. The smallest absolute Gasteiger partial charge is 0.193 e. The standard InChI is InChI=1S/C13H9IO/c14-8-5-6-10-9-3-1-2-4-11(9)13(15)12(10)7-8/h3-7H,1-2H2. The van der Waals surface area contributed by atoms with Crippen molar-refractivity contribution < 1.29 is 4.79 Å². The summed E-state index contributed by atoms with van der Waals surface area (Å²) in [5.74, 6) is 0.203. The van der Waals surface area contributed by atoms with E-state index in [1.807, 2.05) is 6.07 Å². The number of carbonyl (C=O) groups is 1. The molecule has 0 saturated carbocycles. The average molecular weight is 308 g/mol. The van der Waals surface area contributed by atoms with Gasteiger partial charge in [-0.25, -0.2) is 0 Å². The van der Waals surface area contributed by atoms with Crippen molar-refractivity contribution >= 4 is 33.9 Å². The highest BCUT2D eigenvalue weighted by atomic mass is 127. The fourth-order valence-electron chi connectivity index (χ4n) is 2.23. The Hall–Kier alpha value is -0.900. The van der Waals surface area contributed by atoms with Crippen LogP contribution in [0.1, 0.15) is 28.8 Å². The van der Waals surface area contributed by atoms with Crippen LogP contribution in [0.25, 0.3) is 5.57 Å². The van der Waals surface area contributed by atoms with Crippen LogP contribution in [-0.4, -0.2) is 5.78 Å². The van der Waals surface area contributed by atoms with E-state index in [0.717, 1.165) is 38.7 Å². The third-order valence-electron chi connectivity index (χ3n) is 2.91. The minimum atomic E-state index is 0.203. The van der Waals surface area contributed by atoms with Crippen LogP contribution in [0, 0.1) is 3.57 Å². The summed E-state index contributed by atoms with van der Waals surface area (Å²) >= 11 is 2.25. The van der Waals surface area contributed by atoms with Gasteiger partial charge in [0.2, 0.25) is 0 Å².